The van der Waals surface area contributed by atoms with Crippen molar-refractivity contribution in [2.75, 3.05) is 69.7 Å². The predicted molar refractivity (Wildman–Crippen MR) is 206 cm³/mol. The lowest BCUT2D eigenvalue weighted by Crippen LogP contribution is -2.62. The topological polar surface area (TPSA) is 121 Å². The molecule has 10 nitrogen and oxygen atoms in total. The Morgan fingerprint density at radius 1 is 1.13 bits per heavy atom. The molecule has 2 aromatic carbocycles. The van der Waals surface area contributed by atoms with Crippen molar-refractivity contribution in [2.45, 2.75) is 69.5 Å². The summed E-state index contributed by atoms with van der Waals surface area (Å²) in [6.07, 6.45) is 6.26. The molecule has 0 radical (unpaired) electrons. The van der Waals surface area contributed by atoms with Gasteiger partial charge in [0.25, 0.3) is 0 Å². The molecule has 9 rings (SSSR count). The smallest absolute Gasteiger partial charge is 0.319 e. The Labute approximate surface area is 326 Å². The highest BCUT2D eigenvalue weighted by molar-refractivity contribution is 7.23. The average Bonchev–Trinajstić information content (AvgIpc) is 3.73. The Balaban J connectivity index is 1.10. The lowest BCUT2D eigenvalue weighted by molar-refractivity contribution is -0.145. The fourth-order valence-corrected chi connectivity index (χ4v) is 11.2. The molecule has 2 atom stereocenters. The lowest BCUT2D eigenvalue weighted by Gasteiger charge is -2.52. The summed E-state index contributed by atoms with van der Waals surface area (Å²) in [4.78, 5) is 29.2. The summed E-state index contributed by atoms with van der Waals surface area (Å²) in [5.74, 6) is -0.335. The maximum absolute atomic E-state index is 17.3. The number of nitrogens with two attached hydrogens (primary N) is 1. The molecule has 1 spiro atoms. The molecule has 0 bridgehead atoms. The molecule has 7 heterocycles. The maximum Gasteiger partial charge on any atom is 0.319 e. The number of likely N-dealkylation sites (tertiary alicyclic amines) is 1. The zero-order valence-electron chi connectivity index (χ0n) is 30.5. The first kappa shape index (κ1) is 36.7. The van der Waals surface area contributed by atoms with Crippen LogP contribution in [-0.2, 0) is 9.53 Å². The number of ether oxygens (including phenoxy) is 2. The van der Waals surface area contributed by atoms with E-state index in [9.17, 15) is 14.4 Å². The number of rotatable bonds is 7. The number of hydrogen-bond acceptors (Lipinski definition) is 10. The van der Waals surface area contributed by atoms with Crippen LogP contribution in [0.4, 0.5) is 24.0 Å². The van der Waals surface area contributed by atoms with Gasteiger partial charge in [-0.15, -0.1) is 11.3 Å². The standard InChI is InChI=1S/C40H43ClF3N7O3S/c41-28-15-26-34(33(44)32(28)25-4-5-29(43)35-31(25)27(17-45)36(46)55-35)47-38(54-22-40-9-3-11-51(40)18-24(42)16-40)48-37(26)49-10-2-1-8-39(19-49)20-50(21-39)30(52)14-23-6-12-53-13-7-23/h4-5,15,23-24H,1-3,6-14,16,18-22,46H2/t24-,40+/m1/s1. The van der Waals surface area contributed by atoms with E-state index < -0.39 is 23.3 Å². The van der Waals surface area contributed by atoms with Crippen molar-refractivity contribution in [3.63, 3.8) is 0 Å². The van der Waals surface area contributed by atoms with Crippen LogP contribution < -0.4 is 15.4 Å². The third-order valence-electron chi connectivity index (χ3n) is 12.7. The summed E-state index contributed by atoms with van der Waals surface area (Å²) >= 11 is 7.90. The second-order valence-corrected chi connectivity index (χ2v) is 17.7. The van der Waals surface area contributed by atoms with Gasteiger partial charge in [-0.05, 0) is 68.7 Å². The number of nitrogen functional groups attached to an aromatic ring is 1. The van der Waals surface area contributed by atoms with Crippen molar-refractivity contribution in [1.82, 2.24) is 19.8 Å². The highest BCUT2D eigenvalue weighted by Gasteiger charge is 2.50. The molecule has 1 amide bonds. The molecule has 2 aromatic heterocycles. The van der Waals surface area contributed by atoms with E-state index in [-0.39, 0.29) is 66.3 Å². The number of carbonyl (C=O) groups is 1. The molecule has 0 unspecified atom stereocenters. The number of hydrogen-bond donors (Lipinski definition) is 1. The maximum atomic E-state index is 17.3. The first-order valence-corrected chi connectivity index (χ1v) is 20.5. The molecular weight excluding hydrogens is 751 g/mol. The first-order chi connectivity index (χ1) is 26.6. The number of nitriles is 1. The van der Waals surface area contributed by atoms with E-state index in [4.69, 9.17) is 31.8 Å². The Morgan fingerprint density at radius 2 is 1.95 bits per heavy atom. The van der Waals surface area contributed by atoms with Gasteiger partial charge >= 0.3 is 6.01 Å². The van der Waals surface area contributed by atoms with Crippen LogP contribution in [0.3, 0.4) is 0 Å². The number of anilines is 2. The summed E-state index contributed by atoms with van der Waals surface area (Å²) in [6, 6.07) is 6.28. The van der Waals surface area contributed by atoms with Gasteiger partial charge < -0.3 is 25.0 Å². The van der Waals surface area contributed by atoms with Crippen LogP contribution >= 0.6 is 22.9 Å². The number of amides is 1. The monoisotopic (exact) mass is 793 g/mol. The van der Waals surface area contributed by atoms with Crippen LogP contribution in [0.1, 0.15) is 63.4 Å². The van der Waals surface area contributed by atoms with Crippen molar-refractivity contribution in [1.29, 1.82) is 5.26 Å². The van der Waals surface area contributed by atoms with Gasteiger partial charge in [-0.1, -0.05) is 24.1 Å². The molecule has 5 aliphatic rings. The van der Waals surface area contributed by atoms with Crippen LogP contribution in [-0.4, -0.2) is 96.5 Å². The number of nitrogens with zero attached hydrogens (tertiary/aromatic N) is 6. The Hall–Kier alpha value is -3.90. The van der Waals surface area contributed by atoms with Crippen molar-refractivity contribution < 1.29 is 27.4 Å². The van der Waals surface area contributed by atoms with Gasteiger partial charge in [0.15, 0.2) is 5.82 Å². The number of aromatic nitrogens is 2. The van der Waals surface area contributed by atoms with E-state index in [0.29, 0.717) is 75.9 Å². The molecule has 5 aliphatic heterocycles. The average molecular weight is 794 g/mol. The van der Waals surface area contributed by atoms with Crippen LogP contribution in [0.25, 0.3) is 32.1 Å². The minimum atomic E-state index is -0.949. The molecule has 0 saturated carbocycles. The first-order valence-electron chi connectivity index (χ1n) is 19.3. The highest BCUT2D eigenvalue weighted by Crippen LogP contribution is 2.47. The molecule has 15 heteroatoms. The predicted octanol–water partition coefficient (Wildman–Crippen LogP) is 7.49. The Bertz CT molecular complexity index is 2220. The van der Waals surface area contributed by atoms with Crippen LogP contribution in [0.5, 0.6) is 6.01 Å². The van der Waals surface area contributed by atoms with Gasteiger partial charge in [0.05, 0.1) is 20.8 Å². The second-order valence-electron chi connectivity index (χ2n) is 16.3. The van der Waals surface area contributed by atoms with Gasteiger partial charge in [0, 0.05) is 80.5 Å². The molecule has 2 N–H and O–H groups in total. The minimum absolute atomic E-state index is 0.0277. The summed E-state index contributed by atoms with van der Waals surface area (Å²) < 4.78 is 59.0. The molecule has 4 aromatic rings. The van der Waals surface area contributed by atoms with E-state index in [1.165, 1.54) is 12.1 Å². The number of carbonyl (C=O) groups excluding carboxylic acids is 1. The molecular formula is C40H43ClF3N7O3S. The van der Waals surface area contributed by atoms with Crippen molar-refractivity contribution in [3.8, 4) is 23.2 Å². The number of alkyl halides is 1. The number of halogens is 4. The quantitative estimate of drug-likeness (QED) is 0.203. The number of fused-ring (bicyclic) bond motifs is 3. The van der Waals surface area contributed by atoms with Crippen LogP contribution in [0.15, 0.2) is 18.2 Å². The fourth-order valence-electron chi connectivity index (χ4n) is 9.94. The Kier molecular flexibility index (Phi) is 9.51. The summed E-state index contributed by atoms with van der Waals surface area (Å²) in [6.45, 7) is 5.24. The molecule has 55 heavy (non-hydrogen) atoms. The SMILES string of the molecule is N#Cc1c(N)sc2c(F)ccc(-c3c(Cl)cc4c(N5CCCCC6(CN(C(=O)CC7CCOCC7)C6)C5)nc(OC[C@@]56CCCN5C[C@H](F)C6)nc4c3F)c12. The van der Waals surface area contributed by atoms with E-state index in [1.54, 1.807) is 6.07 Å². The molecule has 5 fully saturated rings. The van der Waals surface area contributed by atoms with Gasteiger partial charge in [-0.3, -0.25) is 9.69 Å². The molecule has 0 aliphatic carbocycles. The third-order valence-corrected chi connectivity index (χ3v) is 14.0. The van der Waals surface area contributed by atoms with E-state index in [2.05, 4.69) is 20.9 Å². The van der Waals surface area contributed by atoms with Crippen LogP contribution in [0, 0.1) is 34.3 Å². The van der Waals surface area contributed by atoms with Gasteiger partial charge in [0.2, 0.25) is 5.91 Å². The van der Waals surface area contributed by atoms with Crippen molar-refractivity contribution >= 4 is 60.7 Å². The second kappa shape index (κ2) is 14.2. The van der Waals surface area contributed by atoms with Gasteiger partial charge in [0.1, 0.15) is 41.0 Å². The highest BCUT2D eigenvalue weighted by atomic mass is 35.5. The minimum Gasteiger partial charge on any atom is -0.461 e. The summed E-state index contributed by atoms with van der Waals surface area (Å²) in [7, 11) is 0. The van der Waals surface area contributed by atoms with Gasteiger partial charge in [-0.2, -0.15) is 15.2 Å². The molecule has 5 saturated heterocycles. The fraction of sp³-hybridized carbons (Fsp3) is 0.550. The zero-order chi connectivity index (χ0) is 38.1. The molecule has 290 valence electrons. The normalized spacial score (nSPS) is 24.3. The summed E-state index contributed by atoms with van der Waals surface area (Å²) in [5.41, 5.74) is 5.70. The van der Waals surface area contributed by atoms with Gasteiger partial charge in [-0.25, -0.2) is 13.2 Å². The largest absolute Gasteiger partial charge is 0.461 e. The third kappa shape index (κ3) is 6.45. The number of thiophene rings is 1. The zero-order valence-corrected chi connectivity index (χ0v) is 32.1. The van der Waals surface area contributed by atoms with Crippen molar-refractivity contribution in [3.05, 3.63) is 40.4 Å². The van der Waals surface area contributed by atoms with Crippen molar-refractivity contribution in [2.24, 2.45) is 11.3 Å². The van der Waals surface area contributed by atoms with Crippen LogP contribution in [0.2, 0.25) is 5.02 Å². The lowest BCUT2D eigenvalue weighted by atomic mass is 9.75. The van der Waals surface area contributed by atoms with E-state index in [0.717, 1.165) is 62.8 Å². The van der Waals surface area contributed by atoms with E-state index >= 15 is 8.78 Å². The Morgan fingerprint density at radius 3 is 2.75 bits per heavy atom. The van der Waals surface area contributed by atoms with E-state index in [1.807, 2.05) is 4.90 Å². The summed E-state index contributed by atoms with van der Waals surface area (Å²) in [5, 5.41) is 10.7. The number of benzene rings is 2.